The summed E-state index contributed by atoms with van der Waals surface area (Å²) in [5.41, 5.74) is 1.10. The van der Waals surface area contributed by atoms with Crippen LogP contribution >= 0.6 is 11.6 Å². The maximum atomic E-state index is 13.3. The molecule has 0 bridgehead atoms. The number of aliphatic hydroxyl groups excluding tert-OH is 1. The number of fused-ring (bicyclic) bond motifs is 1. The smallest absolute Gasteiger partial charge is 0.268 e. The Labute approximate surface area is 202 Å². The fourth-order valence-electron chi connectivity index (χ4n) is 3.91. The number of ether oxygens (including phenoxy) is 2. The van der Waals surface area contributed by atoms with Gasteiger partial charge in [-0.2, -0.15) is 4.72 Å². The van der Waals surface area contributed by atoms with Crippen molar-refractivity contribution >= 4 is 38.4 Å². The van der Waals surface area contributed by atoms with E-state index in [0.717, 1.165) is 5.52 Å². The molecule has 1 amide bonds. The molecule has 2 aromatic carbocycles. The number of hydrogen-bond acceptors (Lipinski definition) is 6. The van der Waals surface area contributed by atoms with E-state index in [9.17, 15) is 18.3 Å². The zero-order chi connectivity index (χ0) is 24.7. The van der Waals surface area contributed by atoms with E-state index in [-0.39, 0.29) is 30.4 Å². The van der Waals surface area contributed by atoms with E-state index in [1.165, 1.54) is 19.2 Å². The van der Waals surface area contributed by atoms with Crippen LogP contribution in [0.4, 0.5) is 0 Å². The van der Waals surface area contributed by atoms with Crippen molar-refractivity contribution in [1.82, 2.24) is 14.6 Å². The molecule has 1 unspecified atom stereocenters. The molecule has 1 aliphatic heterocycles. The number of halogens is 1. The molecule has 2 heterocycles. The van der Waals surface area contributed by atoms with Crippen LogP contribution in [0, 0.1) is 0 Å². The Hall–Kier alpha value is -2.63. The number of aryl methyl sites for hydroxylation is 1. The molecule has 9 nitrogen and oxygen atoms in total. The molecule has 0 aliphatic carbocycles. The average Bonchev–Trinajstić information content (AvgIpc) is 3.13. The number of nitrogens with one attached hydrogen (secondary N) is 2. The Bertz CT molecular complexity index is 1330. The summed E-state index contributed by atoms with van der Waals surface area (Å²) in [7, 11) is -0.554. The number of methoxy groups -OCH3 is 1. The van der Waals surface area contributed by atoms with Gasteiger partial charge < -0.3 is 24.5 Å². The van der Waals surface area contributed by atoms with Crippen LogP contribution in [-0.4, -0.2) is 50.6 Å². The maximum Gasteiger partial charge on any atom is 0.268 e. The molecule has 3 aromatic rings. The Kier molecular flexibility index (Phi) is 6.63. The first-order valence-electron chi connectivity index (χ1n) is 10.6. The molecule has 3 N–H and O–H groups in total. The van der Waals surface area contributed by atoms with Crippen molar-refractivity contribution in [2.75, 3.05) is 20.3 Å². The first-order chi connectivity index (χ1) is 16.1. The molecular formula is C23H26ClN3O6S. The fraction of sp³-hybridized carbons (Fsp3) is 0.348. The summed E-state index contributed by atoms with van der Waals surface area (Å²) in [6.07, 6.45) is -0.916. The van der Waals surface area contributed by atoms with E-state index in [4.69, 9.17) is 21.1 Å². The van der Waals surface area contributed by atoms with Gasteiger partial charge in [0.25, 0.3) is 5.91 Å². The molecule has 1 saturated heterocycles. The Morgan fingerprint density at radius 1 is 1.26 bits per heavy atom. The number of amides is 1. The van der Waals surface area contributed by atoms with Crippen LogP contribution in [-0.2, 0) is 27.3 Å². The highest BCUT2D eigenvalue weighted by Crippen LogP contribution is 2.35. The van der Waals surface area contributed by atoms with E-state index in [1.54, 1.807) is 42.8 Å². The quantitative estimate of drug-likeness (QED) is 0.403. The second-order valence-electron chi connectivity index (χ2n) is 8.20. The van der Waals surface area contributed by atoms with Gasteiger partial charge in [0.1, 0.15) is 23.2 Å². The minimum Gasteiger partial charge on any atom is -0.495 e. The number of aliphatic hydroxyl groups is 1. The van der Waals surface area contributed by atoms with E-state index < -0.39 is 21.8 Å². The van der Waals surface area contributed by atoms with Crippen molar-refractivity contribution in [3.05, 3.63) is 58.7 Å². The molecule has 1 aromatic heterocycles. The summed E-state index contributed by atoms with van der Waals surface area (Å²) in [5.74, 6) is 0.202. The lowest BCUT2D eigenvalue weighted by Gasteiger charge is -2.42. The van der Waals surface area contributed by atoms with Gasteiger partial charge in [-0.3, -0.25) is 4.79 Å². The molecule has 0 radical (unpaired) electrons. The SMILES string of the molecule is CCC(O)NS(=O)(=O)c1ccc(C2(NC(=O)c3cc4c(Cl)c(OC)ccc4n3C)COC2)cc1. The number of aromatic nitrogens is 1. The molecule has 1 aliphatic rings. The summed E-state index contributed by atoms with van der Waals surface area (Å²) in [5, 5.41) is 13.8. The number of nitrogens with zero attached hydrogens (tertiary/aromatic N) is 1. The first-order valence-corrected chi connectivity index (χ1v) is 12.5. The molecule has 0 saturated carbocycles. The van der Waals surface area contributed by atoms with Gasteiger partial charge in [-0.25, -0.2) is 8.42 Å². The van der Waals surface area contributed by atoms with Crippen LogP contribution in [0.2, 0.25) is 5.02 Å². The Morgan fingerprint density at radius 3 is 2.50 bits per heavy atom. The number of benzene rings is 2. The number of carbonyl (C=O) groups excluding carboxylic acids is 1. The molecule has 1 fully saturated rings. The summed E-state index contributed by atoms with van der Waals surface area (Å²) >= 11 is 6.43. The third kappa shape index (κ3) is 4.27. The van der Waals surface area contributed by atoms with Crippen molar-refractivity contribution in [3.8, 4) is 5.75 Å². The van der Waals surface area contributed by atoms with Gasteiger partial charge in [0.15, 0.2) is 0 Å². The van der Waals surface area contributed by atoms with Gasteiger partial charge in [-0.1, -0.05) is 30.7 Å². The molecule has 0 spiro atoms. The minimum absolute atomic E-state index is 0.0164. The third-order valence-corrected chi connectivity index (χ3v) is 7.89. The van der Waals surface area contributed by atoms with Gasteiger partial charge >= 0.3 is 0 Å². The molecule has 34 heavy (non-hydrogen) atoms. The van der Waals surface area contributed by atoms with Crippen LogP contribution < -0.4 is 14.8 Å². The van der Waals surface area contributed by atoms with Gasteiger partial charge in [0.05, 0.1) is 35.8 Å². The second-order valence-corrected chi connectivity index (χ2v) is 10.3. The molecule has 11 heteroatoms. The number of sulfonamides is 1. The summed E-state index contributed by atoms with van der Waals surface area (Å²) in [4.78, 5) is 13.3. The zero-order valence-electron chi connectivity index (χ0n) is 19.0. The van der Waals surface area contributed by atoms with E-state index >= 15 is 0 Å². The Balaban J connectivity index is 1.60. The molecule has 4 rings (SSSR count). The lowest BCUT2D eigenvalue weighted by Crippen LogP contribution is -2.59. The van der Waals surface area contributed by atoms with Crippen molar-refractivity contribution in [3.63, 3.8) is 0 Å². The van der Waals surface area contributed by atoms with Crippen molar-refractivity contribution in [2.24, 2.45) is 7.05 Å². The highest BCUT2D eigenvalue weighted by molar-refractivity contribution is 7.89. The zero-order valence-corrected chi connectivity index (χ0v) is 20.5. The van der Waals surface area contributed by atoms with E-state index in [1.807, 2.05) is 6.07 Å². The van der Waals surface area contributed by atoms with Crippen molar-refractivity contribution < 1.29 is 27.8 Å². The summed E-state index contributed by atoms with van der Waals surface area (Å²) in [6.45, 7) is 2.16. The van der Waals surface area contributed by atoms with E-state index in [2.05, 4.69) is 10.0 Å². The van der Waals surface area contributed by atoms with Gasteiger partial charge in [-0.05, 0) is 42.3 Å². The first kappa shape index (κ1) is 24.5. The van der Waals surface area contributed by atoms with E-state index in [0.29, 0.717) is 27.4 Å². The second kappa shape index (κ2) is 9.20. The third-order valence-electron chi connectivity index (χ3n) is 6.02. The van der Waals surface area contributed by atoms with Crippen LogP contribution in [0.1, 0.15) is 29.4 Å². The fourth-order valence-corrected chi connectivity index (χ4v) is 5.36. The average molecular weight is 508 g/mol. The van der Waals surface area contributed by atoms with Crippen LogP contribution in [0.3, 0.4) is 0 Å². The van der Waals surface area contributed by atoms with Crippen LogP contribution in [0.25, 0.3) is 10.9 Å². The minimum atomic E-state index is -3.86. The lowest BCUT2D eigenvalue weighted by atomic mass is 9.88. The largest absolute Gasteiger partial charge is 0.495 e. The summed E-state index contributed by atoms with van der Waals surface area (Å²) in [6, 6.07) is 11.4. The lowest BCUT2D eigenvalue weighted by molar-refractivity contribution is -0.0735. The van der Waals surface area contributed by atoms with Crippen LogP contribution in [0.15, 0.2) is 47.4 Å². The van der Waals surface area contributed by atoms with Crippen molar-refractivity contribution in [2.45, 2.75) is 30.0 Å². The maximum absolute atomic E-state index is 13.3. The van der Waals surface area contributed by atoms with Crippen LogP contribution in [0.5, 0.6) is 5.75 Å². The topological polar surface area (TPSA) is 119 Å². The molecule has 182 valence electrons. The predicted octanol–water partition coefficient (Wildman–Crippen LogP) is 2.50. The normalized spacial score (nSPS) is 16.1. The number of carbonyl (C=O) groups is 1. The monoisotopic (exact) mass is 507 g/mol. The predicted molar refractivity (Wildman–Crippen MR) is 128 cm³/mol. The number of hydrogen-bond donors (Lipinski definition) is 3. The van der Waals surface area contributed by atoms with Gasteiger partial charge in [0.2, 0.25) is 10.0 Å². The highest BCUT2D eigenvalue weighted by atomic mass is 35.5. The van der Waals surface area contributed by atoms with Crippen molar-refractivity contribution in [1.29, 1.82) is 0 Å². The Morgan fingerprint density at radius 2 is 1.94 bits per heavy atom. The summed E-state index contributed by atoms with van der Waals surface area (Å²) < 4.78 is 39.5. The van der Waals surface area contributed by atoms with Gasteiger partial charge in [-0.15, -0.1) is 0 Å². The van der Waals surface area contributed by atoms with Gasteiger partial charge in [0, 0.05) is 12.4 Å². The highest BCUT2D eigenvalue weighted by Gasteiger charge is 2.42. The standard InChI is InChI=1S/C23H26ClN3O6S/c1-4-20(28)26-34(30,31)15-7-5-14(6-8-15)23(12-33-13-23)25-22(29)18-11-16-17(27(18)2)9-10-19(32-3)21(16)24/h5-11,20,26,28H,4,12-13H2,1-3H3,(H,25,29). The molecular weight excluding hydrogens is 482 g/mol. The number of rotatable bonds is 8. The molecule has 1 atom stereocenters.